The minimum Gasteiger partial charge on any atom is -0.310 e. The molecule has 0 saturated heterocycles. The van der Waals surface area contributed by atoms with Crippen molar-refractivity contribution in [2.75, 3.05) is 6.54 Å². The van der Waals surface area contributed by atoms with E-state index >= 15 is 0 Å². The van der Waals surface area contributed by atoms with Gasteiger partial charge in [-0.1, -0.05) is 26.8 Å². The van der Waals surface area contributed by atoms with Crippen molar-refractivity contribution < 1.29 is 0 Å². The number of aromatic nitrogens is 2. The van der Waals surface area contributed by atoms with E-state index in [1.54, 1.807) is 0 Å². The highest BCUT2D eigenvalue weighted by molar-refractivity contribution is 5.75. The lowest BCUT2D eigenvalue weighted by Gasteiger charge is -2.23. The van der Waals surface area contributed by atoms with E-state index in [9.17, 15) is 4.79 Å². The molecule has 0 fully saturated rings. The molecule has 3 N–H and O–H groups in total. The van der Waals surface area contributed by atoms with Gasteiger partial charge in [0.1, 0.15) is 0 Å². The van der Waals surface area contributed by atoms with Crippen molar-refractivity contribution in [3.8, 4) is 0 Å². The van der Waals surface area contributed by atoms with E-state index in [-0.39, 0.29) is 17.1 Å². The molecule has 0 saturated carbocycles. The van der Waals surface area contributed by atoms with Crippen LogP contribution in [-0.4, -0.2) is 16.5 Å². The van der Waals surface area contributed by atoms with Gasteiger partial charge < -0.3 is 15.3 Å². The lowest BCUT2D eigenvalue weighted by Crippen LogP contribution is -2.29. The van der Waals surface area contributed by atoms with Crippen LogP contribution >= 0.6 is 0 Å². The maximum atomic E-state index is 11.2. The maximum absolute atomic E-state index is 11.2. The number of nitrogens with one attached hydrogen (secondary N) is 3. The van der Waals surface area contributed by atoms with E-state index in [1.165, 1.54) is 5.56 Å². The molecule has 2 rings (SSSR count). The summed E-state index contributed by atoms with van der Waals surface area (Å²) in [6.45, 7) is 9.71. The van der Waals surface area contributed by atoms with Gasteiger partial charge in [-0.05, 0) is 30.0 Å². The first-order valence-corrected chi connectivity index (χ1v) is 6.30. The Balaban J connectivity index is 2.17. The number of hydrogen-bond acceptors (Lipinski definition) is 2. The molecule has 0 radical (unpaired) electrons. The Kier molecular flexibility index (Phi) is 3.30. The van der Waals surface area contributed by atoms with E-state index in [4.69, 9.17) is 0 Å². The van der Waals surface area contributed by atoms with Crippen molar-refractivity contribution in [3.05, 3.63) is 34.2 Å². The first-order valence-electron chi connectivity index (χ1n) is 6.30. The van der Waals surface area contributed by atoms with Gasteiger partial charge in [-0.3, -0.25) is 0 Å². The second-order valence-corrected chi connectivity index (χ2v) is 6.05. The summed E-state index contributed by atoms with van der Waals surface area (Å²) < 4.78 is 0. The summed E-state index contributed by atoms with van der Waals surface area (Å²) >= 11 is 0. The molecule has 4 nitrogen and oxygen atoms in total. The Bertz CT molecular complexity index is 589. The summed E-state index contributed by atoms with van der Waals surface area (Å²) in [5.74, 6) is 0. The molecule has 1 aromatic carbocycles. The van der Waals surface area contributed by atoms with Gasteiger partial charge in [-0.25, -0.2) is 4.79 Å². The zero-order valence-corrected chi connectivity index (χ0v) is 11.4. The number of H-pyrrole nitrogens is 2. The lowest BCUT2D eigenvalue weighted by molar-refractivity contribution is 0.359. The van der Waals surface area contributed by atoms with Crippen LogP contribution in [0.15, 0.2) is 23.0 Å². The molecule has 0 aliphatic heterocycles. The van der Waals surface area contributed by atoms with Gasteiger partial charge in [0.25, 0.3) is 0 Å². The molecule has 0 aliphatic carbocycles. The summed E-state index contributed by atoms with van der Waals surface area (Å²) in [4.78, 5) is 16.7. The van der Waals surface area contributed by atoms with Crippen LogP contribution in [-0.2, 0) is 0 Å². The van der Waals surface area contributed by atoms with Crippen LogP contribution in [0.3, 0.4) is 0 Å². The molecular formula is C14H21N3O. The van der Waals surface area contributed by atoms with Gasteiger partial charge in [-0.15, -0.1) is 0 Å². The highest BCUT2D eigenvalue weighted by Gasteiger charge is 2.13. The Morgan fingerprint density at radius 3 is 2.56 bits per heavy atom. The molecule has 0 bridgehead atoms. The second kappa shape index (κ2) is 4.61. The Morgan fingerprint density at radius 2 is 1.89 bits per heavy atom. The van der Waals surface area contributed by atoms with Gasteiger partial charge in [-0.2, -0.15) is 0 Å². The SMILES string of the molecule is CC(NCC(C)(C)C)c1ccc2[nH]c(=O)[nH]c2c1. The molecule has 98 valence electrons. The van der Waals surface area contributed by atoms with E-state index < -0.39 is 0 Å². The average molecular weight is 247 g/mol. The summed E-state index contributed by atoms with van der Waals surface area (Å²) in [7, 11) is 0. The molecular weight excluding hydrogens is 226 g/mol. The van der Waals surface area contributed by atoms with Gasteiger partial charge in [0.05, 0.1) is 11.0 Å². The summed E-state index contributed by atoms with van der Waals surface area (Å²) in [6.07, 6.45) is 0. The van der Waals surface area contributed by atoms with Crippen LogP contribution in [0.1, 0.15) is 39.3 Å². The van der Waals surface area contributed by atoms with E-state index in [0.717, 1.165) is 17.6 Å². The fourth-order valence-electron chi connectivity index (χ4n) is 1.90. The fourth-order valence-corrected chi connectivity index (χ4v) is 1.90. The number of rotatable bonds is 3. The van der Waals surface area contributed by atoms with Gasteiger partial charge in [0.2, 0.25) is 0 Å². The van der Waals surface area contributed by atoms with Crippen molar-refractivity contribution in [2.24, 2.45) is 5.41 Å². The molecule has 1 heterocycles. The Morgan fingerprint density at radius 1 is 1.22 bits per heavy atom. The predicted molar refractivity (Wildman–Crippen MR) is 74.8 cm³/mol. The van der Waals surface area contributed by atoms with E-state index in [2.05, 4.69) is 43.0 Å². The molecule has 0 aliphatic rings. The third kappa shape index (κ3) is 3.01. The van der Waals surface area contributed by atoms with Gasteiger partial charge >= 0.3 is 5.69 Å². The van der Waals surface area contributed by atoms with E-state index in [1.807, 2.05) is 18.2 Å². The smallest absolute Gasteiger partial charge is 0.310 e. The Hall–Kier alpha value is -1.55. The minimum atomic E-state index is -0.155. The fraction of sp³-hybridized carbons (Fsp3) is 0.500. The molecule has 0 spiro atoms. The van der Waals surface area contributed by atoms with Crippen LogP contribution < -0.4 is 11.0 Å². The topological polar surface area (TPSA) is 60.7 Å². The van der Waals surface area contributed by atoms with Crippen molar-refractivity contribution in [2.45, 2.75) is 33.7 Å². The molecule has 1 unspecified atom stereocenters. The number of hydrogen-bond donors (Lipinski definition) is 3. The number of benzene rings is 1. The first kappa shape index (κ1) is 12.9. The zero-order chi connectivity index (χ0) is 13.3. The van der Waals surface area contributed by atoms with Crippen molar-refractivity contribution in [1.29, 1.82) is 0 Å². The quantitative estimate of drug-likeness (QED) is 0.780. The van der Waals surface area contributed by atoms with Gasteiger partial charge in [0, 0.05) is 12.6 Å². The van der Waals surface area contributed by atoms with Crippen LogP contribution in [0.25, 0.3) is 11.0 Å². The minimum absolute atomic E-state index is 0.155. The molecule has 18 heavy (non-hydrogen) atoms. The highest BCUT2D eigenvalue weighted by atomic mass is 16.1. The molecule has 1 atom stereocenters. The van der Waals surface area contributed by atoms with Crippen LogP contribution in [0.4, 0.5) is 0 Å². The third-order valence-corrected chi connectivity index (χ3v) is 2.98. The number of aromatic amines is 2. The zero-order valence-electron chi connectivity index (χ0n) is 11.4. The van der Waals surface area contributed by atoms with Crippen molar-refractivity contribution in [3.63, 3.8) is 0 Å². The van der Waals surface area contributed by atoms with Crippen LogP contribution in [0.5, 0.6) is 0 Å². The van der Waals surface area contributed by atoms with Crippen LogP contribution in [0.2, 0.25) is 0 Å². The second-order valence-electron chi connectivity index (χ2n) is 6.05. The van der Waals surface area contributed by atoms with Crippen molar-refractivity contribution in [1.82, 2.24) is 15.3 Å². The summed E-state index contributed by atoms with van der Waals surface area (Å²) in [6, 6.07) is 6.28. The van der Waals surface area contributed by atoms with Crippen molar-refractivity contribution >= 4 is 11.0 Å². The van der Waals surface area contributed by atoms with Crippen LogP contribution in [0, 0.1) is 5.41 Å². The predicted octanol–water partition coefficient (Wildman–Crippen LogP) is 2.55. The normalized spacial score (nSPS) is 14.0. The van der Waals surface area contributed by atoms with Gasteiger partial charge in [0.15, 0.2) is 0 Å². The molecule has 2 aromatic rings. The number of fused-ring (bicyclic) bond motifs is 1. The largest absolute Gasteiger partial charge is 0.323 e. The summed E-state index contributed by atoms with van der Waals surface area (Å²) in [5.41, 5.74) is 3.01. The molecule has 1 aromatic heterocycles. The molecule has 4 heteroatoms. The first-order chi connectivity index (χ1) is 8.35. The third-order valence-electron chi connectivity index (χ3n) is 2.98. The summed E-state index contributed by atoms with van der Waals surface area (Å²) in [5, 5.41) is 3.51. The Labute approximate surface area is 107 Å². The highest BCUT2D eigenvalue weighted by Crippen LogP contribution is 2.19. The monoisotopic (exact) mass is 247 g/mol. The standard InChI is InChI=1S/C14H21N3O/c1-9(15-8-14(2,3)4)10-5-6-11-12(7-10)17-13(18)16-11/h5-7,9,15H,8H2,1-4H3,(H2,16,17,18). The maximum Gasteiger partial charge on any atom is 0.323 e. The van der Waals surface area contributed by atoms with E-state index in [0.29, 0.717) is 0 Å². The average Bonchev–Trinajstić information content (AvgIpc) is 2.63. The lowest BCUT2D eigenvalue weighted by atomic mass is 9.96. The number of imidazole rings is 1. The molecule has 0 amide bonds.